The van der Waals surface area contributed by atoms with Crippen LogP contribution in [0.3, 0.4) is 0 Å². The number of hydrogen-bond donors (Lipinski definition) is 2. The molecule has 0 aliphatic rings. The van der Waals surface area contributed by atoms with Crippen molar-refractivity contribution in [2.75, 3.05) is 6.61 Å². The third-order valence-corrected chi connectivity index (χ3v) is 1.35. The van der Waals surface area contributed by atoms with E-state index in [0.717, 1.165) is 5.56 Å². The Kier molecular flexibility index (Phi) is 5.53. The zero-order chi connectivity index (χ0) is 8.10. The van der Waals surface area contributed by atoms with Crippen LogP contribution in [-0.4, -0.2) is 27.7 Å². The molecule has 0 aliphatic carbocycles. The second kappa shape index (κ2) is 5.88. The van der Waals surface area contributed by atoms with Crippen LogP contribution < -0.4 is 5.73 Å². The standard InChI is InChI=1S/C7H11N3O.ClH/c8-7(4-11)1-6-2-9-5-10-3-6;/h2-3,5,7,11H,1,4,8H2;1H. The fraction of sp³-hybridized carbons (Fsp3) is 0.429. The van der Waals surface area contributed by atoms with Gasteiger partial charge < -0.3 is 10.8 Å². The molecule has 1 aromatic heterocycles. The molecule has 1 rings (SSSR count). The van der Waals surface area contributed by atoms with E-state index in [-0.39, 0.29) is 25.1 Å². The Hall–Kier alpha value is -0.710. The highest BCUT2D eigenvalue weighted by Crippen LogP contribution is 1.96. The molecule has 1 heterocycles. The van der Waals surface area contributed by atoms with Gasteiger partial charge in [0.1, 0.15) is 6.33 Å². The van der Waals surface area contributed by atoms with Crippen LogP contribution in [0.4, 0.5) is 0 Å². The van der Waals surface area contributed by atoms with Gasteiger partial charge in [-0.25, -0.2) is 9.97 Å². The van der Waals surface area contributed by atoms with E-state index < -0.39 is 0 Å². The number of rotatable bonds is 3. The SMILES string of the molecule is Cl.NC(CO)Cc1cncnc1. The molecule has 0 bridgehead atoms. The molecule has 68 valence electrons. The lowest BCUT2D eigenvalue weighted by atomic mass is 10.1. The van der Waals surface area contributed by atoms with E-state index in [1.807, 2.05) is 0 Å². The molecule has 0 aliphatic heterocycles. The van der Waals surface area contributed by atoms with Crippen molar-refractivity contribution in [3.8, 4) is 0 Å². The summed E-state index contributed by atoms with van der Waals surface area (Å²) in [6.45, 7) is -0.00507. The van der Waals surface area contributed by atoms with Crippen molar-refractivity contribution in [2.45, 2.75) is 12.5 Å². The quantitative estimate of drug-likeness (QED) is 0.689. The summed E-state index contributed by atoms with van der Waals surface area (Å²) in [5, 5.41) is 8.63. The van der Waals surface area contributed by atoms with Crippen molar-refractivity contribution in [1.29, 1.82) is 0 Å². The van der Waals surface area contributed by atoms with Gasteiger partial charge in [-0.1, -0.05) is 0 Å². The molecule has 0 fully saturated rings. The van der Waals surface area contributed by atoms with Crippen LogP contribution in [0.25, 0.3) is 0 Å². The zero-order valence-corrected chi connectivity index (χ0v) is 7.37. The lowest BCUT2D eigenvalue weighted by molar-refractivity contribution is 0.265. The molecule has 1 aromatic rings. The van der Waals surface area contributed by atoms with Gasteiger partial charge in [0.25, 0.3) is 0 Å². The van der Waals surface area contributed by atoms with Gasteiger partial charge in [-0.3, -0.25) is 0 Å². The maximum atomic E-state index is 8.63. The first-order valence-electron chi connectivity index (χ1n) is 3.43. The minimum atomic E-state index is -0.207. The Bertz CT molecular complexity index is 207. The van der Waals surface area contributed by atoms with Crippen LogP contribution in [0.1, 0.15) is 5.56 Å². The first-order valence-corrected chi connectivity index (χ1v) is 3.43. The minimum Gasteiger partial charge on any atom is -0.395 e. The maximum absolute atomic E-state index is 8.63. The summed E-state index contributed by atoms with van der Waals surface area (Å²) in [5.74, 6) is 0. The van der Waals surface area contributed by atoms with Crippen molar-refractivity contribution < 1.29 is 5.11 Å². The Morgan fingerprint density at radius 1 is 1.42 bits per heavy atom. The molecule has 0 spiro atoms. The molecular formula is C7H12ClN3O. The number of nitrogens with two attached hydrogens (primary N) is 1. The van der Waals surface area contributed by atoms with Crippen LogP contribution in [-0.2, 0) is 6.42 Å². The highest BCUT2D eigenvalue weighted by molar-refractivity contribution is 5.85. The molecule has 4 nitrogen and oxygen atoms in total. The second-order valence-corrected chi connectivity index (χ2v) is 2.39. The number of hydrogen-bond acceptors (Lipinski definition) is 4. The van der Waals surface area contributed by atoms with Gasteiger partial charge in [0.05, 0.1) is 6.61 Å². The fourth-order valence-electron chi connectivity index (χ4n) is 0.803. The molecule has 5 heteroatoms. The first-order chi connectivity index (χ1) is 5.33. The predicted octanol–water partition coefficient (Wildman–Crippen LogP) is -0.240. The van der Waals surface area contributed by atoms with Gasteiger partial charge in [0, 0.05) is 18.4 Å². The Balaban J connectivity index is 0.00000121. The summed E-state index contributed by atoms with van der Waals surface area (Å²) in [7, 11) is 0. The number of halogens is 1. The van der Waals surface area contributed by atoms with Gasteiger partial charge in [0.15, 0.2) is 0 Å². The Morgan fingerprint density at radius 3 is 2.50 bits per heavy atom. The van der Waals surface area contributed by atoms with Gasteiger partial charge in [-0.05, 0) is 12.0 Å². The smallest absolute Gasteiger partial charge is 0.115 e. The van der Waals surface area contributed by atoms with Gasteiger partial charge >= 0.3 is 0 Å². The lowest BCUT2D eigenvalue weighted by Gasteiger charge is -2.05. The van der Waals surface area contributed by atoms with Crippen LogP contribution in [0.15, 0.2) is 18.7 Å². The summed E-state index contributed by atoms with van der Waals surface area (Å²) < 4.78 is 0. The molecular weight excluding hydrogens is 178 g/mol. The summed E-state index contributed by atoms with van der Waals surface area (Å²) in [5.41, 5.74) is 6.45. The van der Waals surface area contributed by atoms with Crippen molar-refractivity contribution in [1.82, 2.24) is 9.97 Å². The molecule has 12 heavy (non-hydrogen) atoms. The second-order valence-electron chi connectivity index (χ2n) is 2.39. The minimum absolute atomic E-state index is 0. The van der Waals surface area contributed by atoms with Crippen LogP contribution in [0.5, 0.6) is 0 Å². The number of nitrogens with zero attached hydrogens (tertiary/aromatic N) is 2. The van der Waals surface area contributed by atoms with E-state index in [1.54, 1.807) is 12.4 Å². The predicted molar refractivity (Wildman–Crippen MR) is 48.0 cm³/mol. The largest absolute Gasteiger partial charge is 0.395 e. The first kappa shape index (κ1) is 11.3. The van der Waals surface area contributed by atoms with E-state index in [1.165, 1.54) is 6.33 Å². The third kappa shape index (κ3) is 3.61. The van der Waals surface area contributed by atoms with Gasteiger partial charge in [0.2, 0.25) is 0 Å². The third-order valence-electron chi connectivity index (χ3n) is 1.35. The van der Waals surface area contributed by atoms with E-state index in [4.69, 9.17) is 10.8 Å². The van der Waals surface area contributed by atoms with E-state index >= 15 is 0 Å². The highest BCUT2D eigenvalue weighted by Gasteiger charge is 2.01. The van der Waals surface area contributed by atoms with Crippen LogP contribution in [0.2, 0.25) is 0 Å². The van der Waals surface area contributed by atoms with Crippen molar-refractivity contribution in [3.63, 3.8) is 0 Å². The summed E-state index contributed by atoms with van der Waals surface area (Å²) in [6, 6.07) is -0.207. The average molecular weight is 190 g/mol. The van der Waals surface area contributed by atoms with E-state index in [9.17, 15) is 0 Å². The van der Waals surface area contributed by atoms with E-state index in [0.29, 0.717) is 6.42 Å². The molecule has 0 radical (unpaired) electrons. The monoisotopic (exact) mass is 189 g/mol. The summed E-state index contributed by atoms with van der Waals surface area (Å²) in [4.78, 5) is 7.65. The molecule has 3 N–H and O–H groups in total. The number of aliphatic hydroxyl groups is 1. The fourth-order valence-corrected chi connectivity index (χ4v) is 0.803. The molecule has 0 amide bonds. The van der Waals surface area contributed by atoms with Crippen LogP contribution in [0, 0.1) is 0 Å². The molecule has 1 atom stereocenters. The molecule has 1 unspecified atom stereocenters. The van der Waals surface area contributed by atoms with Crippen molar-refractivity contribution in [2.24, 2.45) is 5.73 Å². The highest BCUT2D eigenvalue weighted by atomic mass is 35.5. The normalized spacial score (nSPS) is 11.8. The van der Waals surface area contributed by atoms with E-state index in [2.05, 4.69) is 9.97 Å². The summed E-state index contributed by atoms with van der Waals surface area (Å²) >= 11 is 0. The Labute approximate surface area is 77.3 Å². The van der Waals surface area contributed by atoms with Gasteiger partial charge in [-0.2, -0.15) is 0 Å². The molecule has 0 saturated carbocycles. The maximum Gasteiger partial charge on any atom is 0.115 e. The average Bonchev–Trinajstić information content (AvgIpc) is 2.06. The number of aliphatic hydroxyl groups excluding tert-OH is 1. The summed E-state index contributed by atoms with van der Waals surface area (Å²) in [6.07, 6.45) is 5.48. The molecule has 0 saturated heterocycles. The van der Waals surface area contributed by atoms with Crippen molar-refractivity contribution in [3.05, 3.63) is 24.3 Å². The van der Waals surface area contributed by atoms with Gasteiger partial charge in [-0.15, -0.1) is 12.4 Å². The molecule has 0 aromatic carbocycles. The topological polar surface area (TPSA) is 72.0 Å². The van der Waals surface area contributed by atoms with Crippen molar-refractivity contribution >= 4 is 12.4 Å². The zero-order valence-electron chi connectivity index (χ0n) is 6.55. The van der Waals surface area contributed by atoms with Crippen LogP contribution >= 0.6 is 12.4 Å². The Morgan fingerprint density at radius 2 is 2.00 bits per heavy atom. The number of aromatic nitrogens is 2. The lowest BCUT2D eigenvalue weighted by Crippen LogP contribution is -2.26.